The Morgan fingerprint density at radius 3 is 3.00 bits per heavy atom. The molecule has 1 amide bonds. The van der Waals surface area contributed by atoms with Gasteiger partial charge < -0.3 is 4.74 Å². The molecule has 0 spiro atoms. The van der Waals surface area contributed by atoms with E-state index in [0.717, 1.165) is 22.4 Å². The number of amides is 1. The summed E-state index contributed by atoms with van der Waals surface area (Å²) in [4.78, 5) is 16.3. The molecule has 1 aromatic heterocycles. The summed E-state index contributed by atoms with van der Waals surface area (Å²) >= 11 is 1.44. The lowest BCUT2D eigenvalue weighted by Crippen LogP contribution is -2.12. The van der Waals surface area contributed by atoms with Gasteiger partial charge in [-0.15, -0.1) is 0 Å². The Balaban J connectivity index is 2.27. The average molecular weight is 276 g/mol. The summed E-state index contributed by atoms with van der Waals surface area (Å²) in [6, 6.07) is 5.73. The molecule has 0 saturated heterocycles. The van der Waals surface area contributed by atoms with Crippen LogP contribution in [0.1, 0.15) is 20.3 Å². The van der Waals surface area contributed by atoms with Crippen LogP contribution in [0.25, 0.3) is 10.2 Å². The maximum absolute atomic E-state index is 11.9. The molecule has 1 N–H and O–H groups in total. The number of allylic oxidation sites excluding steroid dienone is 1. The van der Waals surface area contributed by atoms with Crippen LogP contribution in [0.4, 0.5) is 5.13 Å². The van der Waals surface area contributed by atoms with Gasteiger partial charge in [-0.25, -0.2) is 4.98 Å². The summed E-state index contributed by atoms with van der Waals surface area (Å²) in [5.41, 5.74) is 1.48. The van der Waals surface area contributed by atoms with Crippen molar-refractivity contribution in [1.82, 2.24) is 4.98 Å². The fourth-order valence-electron chi connectivity index (χ4n) is 1.74. The van der Waals surface area contributed by atoms with E-state index in [1.165, 1.54) is 11.3 Å². The Labute approximate surface area is 116 Å². The van der Waals surface area contributed by atoms with E-state index in [4.69, 9.17) is 4.74 Å². The monoisotopic (exact) mass is 276 g/mol. The van der Waals surface area contributed by atoms with Crippen LogP contribution in [-0.2, 0) is 4.79 Å². The van der Waals surface area contributed by atoms with Crippen LogP contribution in [0.2, 0.25) is 0 Å². The van der Waals surface area contributed by atoms with Gasteiger partial charge in [0.05, 0.1) is 11.8 Å². The molecule has 0 aliphatic carbocycles. The highest BCUT2D eigenvalue weighted by Gasteiger charge is 2.11. The minimum atomic E-state index is -0.111. The number of nitrogens with zero attached hydrogens (tertiary/aromatic N) is 1. The largest absolute Gasteiger partial charge is 0.494 e. The van der Waals surface area contributed by atoms with Crippen LogP contribution in [-0.4, -0.2) is 18.0 Å². The van der Waals surface area contributed by atoms with Gasteiger partial charge in [0.25, 0.3) is 5.91 Å². The van der Waals surface area contributed by atoms with Crippen molar-refractivity contribution >= 4 is 32.6 Å². The Kier molecular flexibility index (Phi) is 4.16. The first-order valence-electron chi connectivity index (χ1n) is 6.07. The lowest BCUT2D eigenvalue weighted by Gasteiger charge is -2.00. The summed E-state index contributed by atoms with van der Waals surface area (Å²) in [5, 5.41) is 3.40. The number of methoxy groups -OCH3 is 1. The molecule has 4 nitrogen and oxygen atoms in total. The van der Waals surface area contributed by atoms with Gasteiger partial charge in [0.2, 0.25) is 0 Å². The van der Waals surface area contributed by atoms with E-state index >= 15 is 0 Å². The van der Waals surface area contributed by atoms with Gasteiger partial charge in [-0.2, -0.15) is 0 Å². The molecule has 0 unspecified atom stereocenters. The quantitative estimate of drug-likeness (QED) is 0.868. The van der Waals surface area contributed by atoms with E-state index in [2.05, 4.69) is 10.3 Å². The fraction of sp³-hybridized carbons (Fsp3) is 0.286. The van der Waals surface area contributed by atoms with Crippen molar-refractivity contribution in [1.29, 1.82) is 0 Å². The minimum absolute atomic E-state index is 0.111. The van der Waals surface area contributed by atoms with Crippen LogP contribution in [0.15, 0.2) is 29.8 Å². The van der Waals surface area contributed by atoms with Crippen molar-refractivity contribution in [2.45, 2.75) is 20.3 Å². The van der Waals surface area contributed by atoms with Crippen molar-refractivity contribution in [2.24, 2.45) is 0 Å². The molecule has 0 atom stereocenters. The third-order valence-corrected chi connectivity index (χ3v) is 3.63. The van der Waals surface area contributed by atoms with Crippen LogP contribution in [0, 0.1) is 0 Å². The topological polar surface area (TPSA) is 51.2 Å². The molecule has 1 heterocycles. The van der Waals surface area contributed by atoms with Crippen molar-refractivity contribution in [3.63, 3.8) is 0 Å². The molecule has 0 aliphatic rings. The second kappa shape index (κ2) is 5.84. The molecular formula is C14H16N2O2S. The molecular weight excluding hydrogens is 260 g/mol. The number of anilines is 1. The third kappa shape index (κ3) is 2.93. The Hall–Kier alpha value is -1.88. The summed E-state index contributed by atoms with van der Waals surface area (Å²) in [5.74, 6) is 0.606. The maximum atomic E-state index is 11.9. The predicted molar refractivity (Wildman–Crippen MR) is 78.8 cm³/mol. The highest BCUT2D eigenvalue weighted by molar-refractivity contribution is 7.22. The van der Waals surface area contributed by atoms with Crippen molar-refractivity contribution in [3.8, 4) is 5.75 Å². The number of rotatable bonds is 4. The molecule has 1 aromatic carbocycles. The number of thiazole rings is 1. The number of benzene rings is 1. The SMILES string of the molecule is CC/C=C(/C)C(=O)Nc1nc2c(OC)cccc2s1. The molecule has 100 valence electrons. The first-order chi connectivity index (χ1) is 9.15. The second-order valence-corrected chi connectivity index (χ2v) is 5.11. The second-order valence-electron chi connectivity index (χ2n) is 4.08. The number of hydrogen-bond donors (Lipinski definition) is 1. The van der Waals surface area contributed by atoms with Gasteiger partial charge in [0.1, 0.15) is 11.3 Å². The number of ether oxygens (including phenoxy) is 1. The lowest BCUT2D eigenvalue weighted by atomic mass is 10.2. The number of carbonyl (C=O) groups excluding carboxylic acids is 1. The first-order valence-corrected chi connectivity index (χ1v) is 6.89. The molecule has 2 rings (SSSR count). The first kappa shape index (κ1) is 13.5. The van der Waals surface area contributed by atoms with Crippen molar-refractivity contribution in [2.75, 3.05) is 12.4 Å². The van der Waals surface area contributed by atoms with Crippen LogP contribution in [0.3, 0.4) is 0 Å². The van der Waals surface area contributed by atoms with Crippen LogP contribution >= 0.6 is 11.3 Å². The van der Waals surface area contributed by atoms with E-state index in [1.54, 1.807) is 14.0 Å². The highest BCUT2D eigenvalue weighted by Crippen LogP contribution is 2.32. The van der Waals surface area contributed by atoms with E-state index in [-0.39, 0.29) is 5.91 Å². The van der Waals surface area contributed by atoms with Gasteiger partial charge >= 0.3 is 0 Å². The average Bonchev–Trinajstić information content (AvgIpc) is 2.80. The zero-order chi connectivity index (χ0) is 13.8. The van der Waals surface area contributed by atoms with Crippen LogP contribution in [0.5, 0.6) is 5.75 Å². The van der Waals surface area contributed by atoms with Crippen LogP contribution < -0.4 is 10.1 Å². The number of aromatic nitrogens is 1. The molecule has 0 radical (unpaired) electrons. The predicted octanol–water partition coefficient (Wildman–Crippen LogP) is 3.60. The number of nitrogens with one attached hydrogen (secondary N) is 1. The Morgan fingerprint density at radius 2 is 2.32 bits per heavy atom. The number of fused-ring (bicyclic) bond motifs is 1. The van der Waals surface area contributed by atoms with E-state index in [1.807, 2.05) is 31.2 Å². The number of carbonyl (C=O) groups is 1. The lowest BCUT2D eigenvalue weighted by molar-refractivity contribution is -0.112. The van der Waals surface area contributed by atoms with E-state index in [9.17, 15) is 4.79 Å². The molecule has 2 aromatic rings. The van der Waals surface area contributed by atoms with Gasteiger partial charge in [-0.1, -0.05) is 30.4 Å². The zero-order valence-electron chi connectivity index (χ0n) is 11.2. The smallest absolute Gasteiger partial charge is 0.252 e. The highest BCUT2D eigenvalue weighted by atomic mass is 32.1. The normalized spacial score (nSPS) is 11.6. The maximum Gasteiger partial charge on any atom is 0.252 e. The number of para-hydroxylation sites is 1. The Morgan fingerprint density at radius 1 is 1.53 bits per heavy atom. The summed E-state index contributed by atoms with van der Waals surface area (Å²) in [7, 11) is 1.61. The third-order valence-electron chi connectivity index (χ3n) is 2.69. The fourth-order valence-corrected chi connectivity index (χ4v) is 2.61. The molecule has 0 saturated carbocycles. The summed E-state index contributed by atoms with van der Waals surface area (Å²) < 4.78 is 6.24. The Bertz CT molecular complexity index is 631. The van der Waals surface area contributed by atoms with E-state index in [0.29, 0.717) is 10.7 Å². The van der Waals surface area contributed by atoms with Gasteiger partial charge in [0.15, 0.2) is 5.13 Å². The molecule has 0 bridgehead atoms. The molecule has 0 aliphatic heterocycles. The van der Waals surface area contributed by atoms with E-state index < -0.39 is 0 Å². The zero-order valence-corrected chi connectivity index (χ0v) is 12.0. The summed E-state index contributed by atoms with van der Waals surface area (Å²) in [6.45, 7) is 3.80. The van der Waals surface area contributed by atoms with Gasteiger partial charge in [-0.05, 0) is 25.5 Å². The van der Waals surface area contributed by atoms with Crippen molar-refractivity contribution < 1.29 is 9.53 Å². The summed E-state index contributed by atoms with van der Waals surface area (Å²) in [6.07, 6.45) is 2.73. The molecule has 19 heavy (non-hydrogen) atoms. The van der Waals surface area contributed by atoms with Crippen molar-refractivity contribution in [3.05, 3.63) is 29.8 Å². The molecule has 0 fully saturated rings. The molecule has 5 heteroatoms. The standard InChI is InChI=1S/C14H16N2O2S/c1-4-6-9(2)13(17)16-14-15-12-10(18-3)7-5-8-11(12)19-14/h5-8H,4H2,1-3H3,(H,15,16,17)/b9-6-. The minimum Gasteiger partial charge on any atom is -0.494 e. The number of hydrogen-bond acceptors (Lipinski definition) is 4. The van der Waals surface area contributed by atoms with Gasteiger partial charge in [0, 0.05) is 5.57 Å². The van der Waals surface area contributed by atoms with Gasteiger partial charge in [-0.3, -0.25) is 10.1 Å².